The number of hydrogen-bond acceptors (Lipinski definition) is 12. The van der Waals surface area contributed by atoms with E-state index >= 15 is 0 Å². The summed E-state index contributed by atoms with van der Waals surface area (Å²) in [7, 11) is 0. The van der Waals surface area contributed by atoms with E-state index in [0.717, 1.165) is 15.9 Å². The minimum absolute atomic E-state index is 0.0333. The highest BCUT2D eigenvalue weighted by molar-refractivity contribution is 6.21. The van der Waals surface area contributed by atoms with Gasteiger partial charge in [0.25, 0.3) is 17.7 Å². The normalized spacial score (nSPS) is 17.0. The number of aromatic nitrogens is 4. The number of nitrogens with zero attached hydrogens (tertiary/aromatic N) is 6. The average Bonchev–Trinajstić information content (AvgIpc) is 3.38. The SMILES string of the molecule is O=C(Cn1nnc(CCN2C(=O)c3ccccc3C2=O)n1)N/N=C/[C@H](O)[C@@H](O)[C@@H](O)[C@H](O)CO. The van der Waals surface area contributed by atoms with Crippen molar-refractivity contribution in [2.24, 2.45) is 5.10 Å². The molecular formula is C19H23N7O8. The van der Waals surface area contributed by atoms with Gasteiger partial charge in [0.15, 0.2) is 5.82 Å². The molecular weight excluding hydrogens is 454 g/mol. The topological polar surface area (TPSA) is 224 Å². The molecule has 2 aromatic rings. The molecule has 6 N–H and O–H groups in total. The monoisotopic (exact) mass is 477 g/mol. The number of tetrazole rings is 1. The van der Waals surface area contributed by atoms with E-state index < -0.39 is 55.3 Å². The quantitative estimate of drug-likeness (QED) is 0.104. The summed E-state index contributed by atoms with van der Waals surface area (Å²) in [6.07, 6.45) is -6.26. The molecule has 1 aromatic carbocycles. The zero-order valence-electron chi connectivity index (χ0n) is 17.7. The number of hydrazone groups is 1. The number of nitrogens with one attached hydrogen (secondary N) is 1. The van der Waals surface area contributed by atoms with Gasteiger partial charge in [-0.15, -0.1) is 10.2 Å². The van der Waals surface area contributed by atoms with Gasteiger partial charge in [0.05, 0.1) is 23.9 Å². The van der Waals surface area contributed by atoms with Crippen LogP contribution < -0.4 is 5.43 Å². The Morgan fingerprint density at radius 1 is 1.09 bits per heavy atom. The van der Waals surface area contributed by atoms with Crippen molar-refractivity contribution in [3.05, 3.63) is 41.2 Å². The highest BCUT2D eigenvalue weighted by Crippen LogP contribution is 2.22. The second-order valence-electron chi connectivity index (χ2n) is 7.33. The molecule has 3 amide bonds. The van der Waals surface area contributed by atoms with E-state index in [9.17, 15) is 34.8 Å². The zero-order valence-corrected chi connectivity index (χ0v) is 17.7. The Labute approximate surface area is 191 Å². The van der Waals surface area contributed by atoms with Gasteiger partial charge in [-0.2, -0.15) is 9.90 Å². The van der Waals surface area contributed by atoms with Gasteiger partial charge in [-0.3, -0.25) is 19.3 Å². The summed E-state index contributed by atoms with van der Waals surface area (Å²) in [5, 5.41) is 61.7. The fourth-order valence-corrected chi connectivity index (χ4v) is 3.07. The smallest absolute Gasteiger partial charge is 0.263 e. The molecule has 0 bridgehead atoms. The molecule has 0 aliphatic carbocycles. The molecule has 0 unspecified atom stereocenters. The number of fused-ring (bicyclic) bond motifs is 1. The third kappa shape index (κ3) is 5.64. The molecule has 1 aliphatic rings. The predicted molar refractivity (Wildman–Crippen MR) is 111 cm³/mol. The summed E-state index contributed by atoms with van der Waals surface area (Å²) in [5.74, 6) is -1.33. The molecule has 2 heterocycles. The van der Waals surface area contributed by atoms with Gasteiger partial charge < -0.3 is 25.5 Å². The first kappa shape index (κ1) is 25.0. The molecule has 15 nitrogen and oxygen atoms in total. The van der Waals surface area contributed by atoms with E-state index in [4.69, 9.17) is 5.11 Å². The maximum absolute atomic E-state index is 12.4. The summed E-state index contributed by atoms with van der Waals surface area (Å²) in [6.45, 7) is -1.20. The van der Waals surface area contributed by atoms with E-state index in [0.29, 0.717) is 11.1 Å². The maximum Gasteiger partial charge on any atom is 0.263 e. The van der Waals surface area contributed by atoms with Crippen molar-refractivity contribution in [1.29, 1.82) is 0 Å². The number of benzene rings is 1. The minimum atomic E-state index is -1.86. The number of aliphatic hydroxyl groups excluding tert-OH is 5. The van der Waals surface area contributed by atoms with Crippen molar-refractivity contribution >= 4 is 23.9 Å². The van der Waals surface area contributed by atoms with Gasteiger partial charge >= 0.3 is 0 Å². The molecule has 0 fully saturated rings. The number of amides is 3. The minimum Gasteiger partial charge on any atom is -0.394 e. The van der Waals surface area contributed by atoms with Crippen LogP contribution >= 0.6 is 0 Å². The van der Waals surface area contributed by atoms with Crippen LogP contribution in [0.2, 0.25) is 0 Å². The lowest BCUT2D eigenvalue weighted by Crippen LogP contribution is -2.46. The molecule has 1 aromatic heterocycles. The van der Waals surface area contributed by atoms with Crippen molar-refractivity contribution in [3.8, 4) is 0 Å². The predicted octanol–water partition coefficient (Wildman–Crippen LogP) is -3.95. The van der Waals surface area contributed by atoms with E-state index in [1.54, 1.807) is 24.3 Å². The summed E-state index contributed by atoms with van der Waals surface area (Å²) in [4.78, 5) is 38.7. The highest BCUT2D eigenvalue weighted by atomic mass is 16.4. The number of imide groups is 1. The molecule has 0 spiro atoms. The Morgan fingerprint density at radius 2 is 1.74 bits per heavy atom. The van der Waals surface area contributed by atoms with Crippen LogP contribution in [0.25, 0.3) is 0 Å². The Bertz CT molecular complexity index is 1040. The lowest BCUT2D eigenvalue weighted by molar-refractivity contribution is -0.122. The van der Waals surface area contributed by atoms with Crippen LogP contribution in [0, 0.1) is 0 Å². The van der Waals surface area contributed by atoms with Gasteiger partial charge in [-0.25, -0.2) is 5.43 Å². The molecule has 1 aliphatic heterocycles. The summed E-state index contributed by atoms with van der Waals surface area (Å²) in [5.41, 5.74) is 2.71. The van der Waals surface area contributed by atoms with Crippen LogP contribution in [0.5, 0.6) is 0 Å². The fourth-order valence-electron chi connectivity index (χ4n) is 3.07. The number of hydrogen-bond donors (Lipinski definition) is 6. The third-order valence-electron chi connectivity index (χ3n) is 4.91. The van der Waals surface area contributed by atoms with E-state index in [-0.39, 0.29) is 18.8 Å². The molecule has 0 radical (unpaired) electrons. The van der Waals surface area contributed by atoms with Gasteiger partial charge in [0.1, 0.15) is 31.0 Å². The molecule has 182 valence electrons. The largest absolute Gasteiger partial charge is 0.394 e. The maximum atomic E-state index is 12.4. The van der Waals surface area contributed by atoms with Crippen LogP contribution in [0.15, 0.2) is 29.4 Å². The van der Waals surface area contributed by atoms with Crippen LogP contribution in [0.1, 0.15) is 26.5 Å². The second kappa shape index (κ2) is 11.0. The van der Waals surface area contributed by atoms with E-state index in [1.807, 2.05) is 5.43 Å². The van der Waals surface area contributed by atoms with E-state index in [2.05, 4.69) is 20.5 Å². The van der Waals surface area contributed by atoms with Crippen LogP contribution in [-0.4, -0.2) is 112 Å². The first-order chi connectivity index (χ1) is 16.2. The van der Waals surface area contributed by atoms with Crippen molar-refractivity contribution < 1.29 is 39.9 Å². The molecule has 34 heavy (non-hydrogen) atoms. The Balaban J connectivity index is 1.46. The van der Waals surface area contributed by atoms with E-state index in [1.165, 1.54) is 0 Å². The lowest BCUT2D eigenvalue weighted by Gasteiger charge is -2.23. The Kier molecular flexibility index (Phi) is 8.08. The first-order valence-electron chi connectivity index (χ1n) is 10.1. The summed E-state index contributed by atoms with van der Waals surface area (Å²) < 4.78 is 0. The number of aliphatic hydroxyl groups is 5. The van der Waals surface area contributed by atoms with Gasteiger partial charge in [0, 0.05) is 13.0 Å². The van der Waals surface area contributed by atoms with Crippen LogP contribution in [-0.2, 0) is 17.8 Å². The second-order valence-corrected chi connectivity index (χ2v) is 7.33. The lowest BCUT2D eigenvalue weighted by atomic mass is 10.0. The molecule has 3 rings (SSSR count). The van der Waals surface area contributed by atoms with Crippen LogP contribution in [0.3, 0.4) is 0 Å². The number of carbonyl (C=O) groups is 3. The molecule has 0 saturated heterocycles. The van der Waals surface area contributed by atoms with Gasteiger partial charge in [0.2, 0.25) is 0 Å². The molecule has 4 atom stereocenters. The van der Waals surface area contributed by atoms with Gasteiger partial charge in [-0.1, -0.05) is 12.1 Å². The number of rotatable bonds is 11. The standard InChI is InChI=1S/C19H23N7O8/c27-9-13(29)17(32)16(31)12(28)7-20-22-15(30)8-26-23-14(21-24-26)5-6-25-18(33)10-3-1-2-4-11(10)19(25)34/h1-4,7,12-13,16-17,27-29,31-32H,5-6,8-9H2,(H,22,30)/b20-7+/t12-,13+,16+,17-/m0/s1. The van der Waals surface area contributed by atoms with Crippen molar-refractivity contribution in [1.82, 2.24) is 30.5 Å². The average molecular weight is 477 g/mol. The highest BCUT2D eigenvalue weighted by Gasteiger charge is 2.35. The summed E-state index contributed by atoms with van der Waals surface area (Å²) in [6, 6.07) is 6.49. The Hall–Kier alpha value is -3.63. The third-order valence-corrected chi connectivity index (χ3v) is 4.91. The zero-order chi connectivity index (χ0) is 24.8. The summed E-state index contributed by atoms with van der Waals surface area (Å²) >= 11 is 0. The van der Waals surface area contributed by atoms with Crippen LogP contribution in [0.4, 0.5) is 0 Å². The first-order valence-corrected chi connectivity index (χ1v) is 10.1. The molecule has 0 saturated carbocycles. The van der Waals surface area contributed by atoms with Crippen molar-refractivity contribution in [3.63, 3.8) is 0 Å². The number of carbonyl (C=O) groups excluding carboxylic acids is 3. The Morgan fingerprint density at radius 3 is 2.35 bits per heavy atom. The van der Waals surface area contributed by atoms with Crippen molar-refractivity contribution in [2.45, 2.75) is 37.4 Å². The van der Waals surface area contributed by atoms with Crippen molar-refractivity contribution in [2.75, 3.05) is 13.2 Å². The molecule has 15 heteroatoms. The van der Waals surface area contributed by atoms with Gasteiger partial charge in [-0.05, 0) is 17.3 Å². The fraction of sp³-hybridized carbons (Fsp3) is 0.421.